The molecular weight excluding hydrogens is 354 g/mol. The third-order valence-electron chi connectivity index (χ3n) is 4.62. The lowest BCUT2D eigenvalue weighted by atomic mass is 10.1. The van der Waals surface area contributed by atoms with Gasteiger partial charge in [0.05, 0.1) is 24.3 Å². The molecule has 0 atom stereocenters. The molecule has 1 saturated heterocycles. The van der Waals surface area contributed by atoms with E-state index in [2.05, 4.69) is 21.3 Å². The van der Waals surface area contributed by atoms with Crippen LogP contribution in [0.3, 0.4) is 0 Å². The van der Waals surface area contributed by atoms with Crippen molar-refractivity contribution in [2.45, 2.75) is 6.92 Å². The van der Waals surface area contributed by atoms with Crippen LogP contribution >= 0.6 is 0 Å². The third kappa shape index (κ3) is 4.28. The van der Waals surface area contributed by atoms with Crippen molar-refractivity contribution >= 4 is 28.3 Å². The Bertz CT molecular complexity index is 968. The molecule has 1 fully saturated rings. The van der Waals surface area contributed by atoms with Gasteiger partial charge in [-0.1, -0.05) is 35.9 Å². The van der Waals surface area contributed by atoms with E-state index in [9.17, 15) is 4.79 Å². The number of nitrogens with one attached hydrogen (secondary N) is 3. The first-order chi connectivity index (χ1) is 13.7. The normalized spacial score (nSPS) is 14.8. The Morgan fingerprint density at radius 3 is 2.61 bits per heavy atom. The van der Waals surface area contributed by atoms with Crippen molar-refractivity contribution in [3.63, 3.8) is 0 Å². The van der Waals surface area contributed by atoms with Crippen LogP contribution in [0.5, 0.6) is 0 Å². The lowest BCUT2D eigenvalue weighted by molar-refractivity contribution is 0.00225. The zero-order valence-electron chi connectivity index (χ0n) is 15.7. The van der Waals surface area contributed by atoms with Gasteiger partial charge in [0.2, 0.25) is 0 Å². The number of hydrogen-bond acceptors (Lipinski definition) is 6. The smallest absolute Gasteiger partial charge is 0.267 e. The molecule has 28 heavy (non-hydrogen) atoms. The van der Waals surface area contributed by atoms with E-state index < -0.39 is 0 Å². The van der Waals surface area contributed by atoms with Gasteiger partial charge in [-0.05, 0) is 31.2 Å². The van der Waals surface area contributed by atoms with Crippen molar-refractivity contribution in [1.29, 1.82) is 0 Å². The van der Waals surface area contributed by atoms with Crippen molar-refractivity contribution in [2.24, 2.45) is 0 Å². The highest BCUT2D eigenvalue weighted by Crippen LogP contribution is 2.23. The lowest BCUT2D eigenvalue weighted by Crippen LogP contribution is -2.53. The number of nitrogens with zero attached hydrogens (tertiary/aromatic N) is 2. The van der Waals surface area contributed by atoms with Gasteiger partial charge >= 0.3 is 0 Å². The van der Waals surface area contributed by atoms with Gasteiger partial charge in [-0.3, -0.25) is 10.2 Å². The van der Waals surface area contributed by atoms with Crippen LogP contribution in [0, 0.1) is 6.92 Å². The molecule has 144 valence electrons. The number of para-hydroxylation sites is 1. The molecule has 3 N–H and O–H groups in total. The predicted molar refractivity (Wildman–Crippen MR) is 109 cm³/mol. The van der Waals surface area contributed by atoms with Gasteiger partial charge < -0.3 is 10.1 Å². The summed E-state index contributed by atoms with van der Waals surface area (Å²) in [5.74, 6) is 0.413. The molecule has 2 heterocycles. The Morgan fingerprint density at radius 1 is 1.07 bits per heavy atom. The number of benzene rings is 2. The number of aryl methyl sites for hydroxylation is 1. The van der Waals surface area contributed by atoms with E-state index >= 15 is 0 Å². The Balaban J connectivity index is 1.58. The summed E-state index contributed by atoms with van der Waals surface area (Å²) in [5.41, 5.74) is 9.18. The zero-order valence-corrected chi connectivity index (χ0v) is 15.7. The van der Waals surface area contributed by atoms with Crippen molar-refractivity contribution in [2.75, 3.05) is 31.6 Å². The van der Waals surface area contributed by atoms with E-state index in [0.717, 1.165) is 29.7 Å². The Hall–Kier alpha value is -3.00. The molecule has 2 aromatic carbocycles. The maximum Gasteiger partial charge on any atom is 0.267 e. The maximum atomic E-state index is 12.9. The quantitative estimate of drug-likeness (QED) is 0.594. The molecule has 1 amide bonds. The number of hydrogen-bond donors (Lipinski definition) is 3. The molecule has 1 aromatic heterocycles. The number of morpholine rings is 1. The molecule has 0 aliphatic carbocycles. The van der Waals surface area contributed by atoms with Crippen molar-refractivity contribution in [3.8, 4) is 0 Å². The number of carbonyl (C=O) groups is 1. The standard InChI is InChI=1S/C21H23N5O2/c1-15-6-8-16(9-7-15)22-20-14-18(17-4-2-3-5-19(17)23-20)21(27)24-25-26-10-12-28-13-11-26/h2-9,14,25H,10-13H2,1H3,(H,22,23)(H,24,27). The molecule has 1 aliphatic rings. The third-order valence-corrected chi connectivity index (χ3v) is 4.62. The fourth-order valence-corrected chi connectivity index (χ4v) is 3.08. The Morgan fingerprint density at radius 2 is 1.82 bits per heavy atom. The fourth-order valence-electron chi connectivity index (χ4n) is 3.08. The van der Waals surface area contributed by atoms with Crippen molar-refractivity contribution < 1.29 is 9.53 Å². The highest BCUT2D eigenvalue weighted by Gasteiger charge is 2.15. The summed E-state index contributed by atoms with van der Waals surface area (Å²) < 4.78 is 5.32. The second-order valence-corrected chi connectivity index (χ2v) is 6.73. The van der Waals surface area contributed by atoms with Crippen LogP contribution in [0.1, 0.15) is 15.9 Å². The van der Waals surface area contributed by atoms with Crippen LogP contribution in [0.25, 0.3) is 10.9 Å². The van der Waals surface area contributed by atoms with Crippen LogP contribution < -0.4 is 16.3 Å². The molecule has 1 aliphatic heterocycles. The zero-order chi connectivity index (χ0) is 19.3. The van der Waals surface area contributed by atoms with E-state index in [1.54, 1.807) is 6.07 Å². The largest absolute Gasteiger partial charge is 0.379 e. The number of aromatic nitrogens is 1. The first kappa shape index (κ1) is 18.4. The molecule has 7 nitrogen and oxygen atoms in total. The average molecular weight is 377 g/mol. The van der Waals surface area contributed by atoms with Crippen LogP contribution in [-0.4, -0.2) is 42.2 Å². The van der Waals surface area contributed by atoms with Gasteiger partial charge in [0.15, 0.2) is 0 Å². The van der Waals surface area contributed by atoms with E-state index in [4.69, 9.17) is 4.74 Å². The van der Waals surface area contributed by atoms with E-state index in [1.807, 2.05) is 60.5 Å². The number of fused-ring (bicyclic) bond motifs is 1. The molecule has 0 spiro atoms. The summed E-state index contributed by atoms with van der Waals surface area (Å²) in [6, 6.07) is 17.5. The van der Waals surface area contributed by atoms with Gasteiger partial charge in [0.1, 0.15) is 5.82 Å². The highest BCUT2D eigenvalue weighted by molar-refractivity contribution is 6.06. The number of amides is 1. The second kappa shape index (κ2) is 8.35. The summed E-state index contributed by atoms with van der Waals surface area (Å²) in [7, 11) is 0. The molecule has 0 bridgehead atoms. The highest BCUT2D eigenvalue weighted by atomic mass is 16.5. The molecule has 0 unspecified atom stereocenters. The van der Waals surface area contributed by atoms with Crippen LogP contribution in [0.15, 0.2) is 54.6 Å². The summed E-state index contributed by atoms with van der Waals surface area (Å²) in [5, 5.41) is 6.02. The van der Waals surface area contributed by atoms with Crippen LogP contribution in [0.4, 0.5) is 11.5 Å². The molecule has 0 radical (unpaired) electrons. The fraction of sp³-hybridized carbons (Fsp3) is 0.238. The van der Waals surface area contributed by atoms with E-state index in [0.29, 0.717) is 24.6 Å². The van der Waals surface area contributed by atoms with Crippen LogP contribution in [-0.2, 0) is 4.74 Å². The van der Waals surface area contributed by atoms with Crippen molar-refractivity contribution in [3.05, 3.63) is 65.7 Å². The second-order valence-electron chi connectivity index (χ2n) is 6.73. The number of anilines is 2. The number of hydrazine groups is 2. The molecule has 7 heteroatoms. The minimum absolute atomic E-state index is 0.211. The van der Waals surface area contributed by atoms with E-state index in [1.165, 1.54) is 5.56 Å². The molecule has 3 aromatic rings. The summed E-state index contributed by atoms with van der Waals surface area (Å²) in [6.07, 6.45) is 0. The molecule has 4 rings (SSSR count). The molecular formula is C21H23N5O2. The number of pyridine rings is 1. The van der Waals surface area contributed by atoms with Gasteiger partial charge in [0.25, 0.3) is 5.91 Å². The lowest BCUT2D eigenvalue weighted by Gasteiger charge is -2.27. The average Bonchev–Trinajstić information content (AvgIpc) is 2.74. The molecule has 0 saturated carbocycles. The summed E-state index contributed by atoms with van der Waals surface area (Å²) >= 11 is 0. The SMILES string of the molecule is Cc1ccc(Nc2cc(C(=O)NNN3CCOCC3)c3ccccc3n2)cc1. The topological polar surface area (TPSA) is 78.5 Å². The monoisotopic (exact) mass is 377 g/mol. The predicted octanol–water partition coefficient (Wildman–Crippen LogP) is 2.77. The Kier molecular flexibility index (Phi) is 5.48. The first-order valence-electron chi connectivity index (χ1n) is 9.31. The van der Waals surface area contributed by atoms with E-state index in [-0.39, 0.29) is 5.91 Å². The number of carbonyl (C=O) groups excluding carboxylic acids is 1. The summed E-state index contributed by atoms with van der Waals surface area (Å²) in [6.45, 7) is 4.77. The van der Waals surface area contributed by atoms with Gasteiger partial charge in [-0.25, -0.2) is 9.99 Å². The van der Waals surface area contributed by atoms with Crippen molar-refractivity contribution in [1.82, 2.24) is 21.0 Å². The van der Waals surface area contributed by atoms with Gasteiger partial charge in [-0.2, -0.15) is 5.53 Å². The maximum absolute atomic E-state index is 12.9. The Labute approximate surface area is 163 Å². The summed E-state index contributed by atoms with van der Waals surface area (Å²) in [4.78, 5) is 17.5. The first-order valence-corrected chi connectivity index (χ1v) is 9.31. The minimum Gasteiger partial charge on any atom is -0.379 e. The number of ether oxygens (including phenoxy) is 1. The van der Waals surface area contributed by atoms with Crippen LogP contribution in [0.2, 0.25) is 0 Å². The number of rotatable bonds is 5. The van der Waals surface area contributed by atoms with Gasteiger partial charge in [-0.15, -0.1) is 0 Å². The van der Waals surface area contributed by atoms with Gasteiger partial charge in [0, 0.05) is 24.2 Å². The minimum atomic E-state index is -0.211.